The Morgan fingerprint density at radius 1 is 0.839 bits per heavy atom. The highest BCUT2D eigenvalue weighted by molar-refractivity contribution is 7.99. The third kappa shape index (κ3) is 8.12. The number of aromatic nitrogens is 2. The number of phenolic OH excluding ortho intramolecular Hbond substituents is 1. The summed E-state index contributed by atoms with van der Waals surface area (Å²) in [5.41, 5.74) is 12.1. The molecule has 62 heavy (non-hydrogen) atoms. The van der Waals surface area contributed by atoms with E-state index in [1.54, 1.807) is 12.1 Å². The van der Waals surface area contributed by atoms with E-state index in [4.69, 9.17) is 10.5 Å². The predicted molar refractivity (Wildman–Crippen MR) is 241 cm³/mol. The zero-order chi connectivity index (χ0) is 42.3. The third-order valence-electron chi connectivity index (χ3n) is 13.9. The molecule has 0 aliphatic carbocycles. The predicted octanol–water partition coefficient (Wildman–Crippen LogP) is 5.26. The van der Waals surface area contributed by atoms with Gasteiger partial charge >= 0.3 is 0 Å². The molecular formula is C47H55N9O5S. The number of piperazine rings is 1. The quantitative estimate of drug-likeness (QED) is 0.188. The Hall–Kier alpha value is -5.54. The molecule has 2 bridgehead atoms. The highest BCUT2D eigenvalue weighted by Crippen LogP contribution is 2.44. The van der Waals surface area contributed by atoms with E-state index in [-0.39, 0.29) is 35.6 Å². The summed E-state index contributed by atoms with van der Waals surface area (Å²) in [6, 6.07) is 24.4. The van der Waals surface area contributed by atoms with Crippen LogP contribution in [0, 0.1) is 0 Å². The first-order valence-electron chi connectivity index (χ1n) is 22.3. The van der Waals surface area contributed by atoms with E-state index in [1.165, 1.54) is 16.1 Å². The van der Waals surface area contributed by atoms with Gasteiger partial charge in [0.25, 0.3) is 0 Å². The number of nitrogens with zero attached hydrogens (tertiary/aromatic N) is 7. The first-order valence-corrected chi connectivity index (χ1v) is 23.3. The summed E-state index contributed by atoms with van der Waals surface area (Å²) in [5, 5.41) is 21.5. The zero-order valence-electron chi connectivity index (χ0n) is 35.0. The number of nitrogens with two attached hydrogens (primary N) is 1. The topological polar surface area (TPSA) is 161 Å². The summed E-state index contributed by atoms with van der Waals surface area (Å²) in [7, 11) is 0. The maximum Gasteiger partial charge on any atom is 0.249 e. The number of piperidine rings is 3. The minimum absolute atomic E-state index is 0.0552. The molecule has 0 spiro atoms. The fraction of sp³-hybridized carbons (Fsp3) is 0.468. The molecule has 3 amide bonds. The van der Waals surface area contributed by atoms with Crippen LogP contribution in [0.3, 0.4) is 0 Å². The number of likely N-dealkylation sites (tertiary alicyclic amines) is 2. The zero-order valence-corrected chi connectivity index (χ0v) is 35.8. The number of benzene rings is 3. The summed E-state index contributed by atoms with van der Waals surface area (Å²) in [4.78, 5) is 50.8. The number of hydrogen-bond donors (Lipinski definition) is 3. The molecule has 7 heterocycles. The van der Waals surface area contributed by atoms with Crippen LogP contribution in [0.4, 0.5) is 22.9 Å². The number of ether oxygens (including phenoxy) is 1. The van der Waals surface area contributed by atoms with E-state index in [2.05, 4.69) is 71.5 Å². The lowest BCUT2D eigenvalue weighted by molar-refractivity contribution is -0.135. The number of fused-ring (bicyclic) bond motifs is 3. The van der Waals surface area contributed by atoms with Crippen molar-refractivity contribution in [3.8, 4) is 22.8 Å². The van der Waals surface area contributed by atoms with Crippen molar-refractivity contribution in [1.29, 1.82) is 0 Å². The lowest BCUT2D eigenvalue weighted by Crippen LogP contribution is -2.54. The van der Waals surface area contributed by atoms with Gasteiger partial charge in [0, 0.05) is 92.0 Å². The van der Waals surface area contributed by atoms with Crippen molar-refractivity contribution in [3.63, 3.8) is 0 Å². The summed E-state index contributed by atoms with van der Waals surface area (Å²) in [6.07, 6.45) is 6.76. The number of nitrogens with one attached hydrogen (secondary N) is 1. The number of nitrogen functional groups attached to an aromatic ring is 1. The number of para-hydroxylation sites is 1. The average Bonchev–Trinajstić information content (AvgIpc) is 3.55. The van der Waals surface area contributed by atoms with Gasteiger partial charge in [0.2, 0.25) is 17.7 Å². The molecule has 0 radical (unpaired) electrons. The Balaban J connectivity index is 0.703. The lowest BCUT2D eigenvalue weighted by atomic mass is 9.88. The van der Waals surface area contributed by atoms with Crippen molar-refractivity contribution in [2.24, 2.45) is 0 Å². The third-order valence-corrected chi connectivity index (χ3v) is 15.0. The molecule has 1 aromatic heterocycles. The average molecular weight is 858 g/mol. The van der Waals surface area contributed by atoms with Gasteiger partial charge in [-0.2, -0.15) is 0 Å². The van der Waals surface area contributed by atoms with Gasteiger partial charge in [0.1, 0.15) is 23.6 Å². The van der Waals surface area contributed by atoms with Crippen molar-refractivity contribution < 1.29 is 24.2 Å². The number of amides is 3. The molecule has 5 fully saturated rings. The van der Waals surface area contributed by atoms with E-state index in [1.807, 2.05) is 40.9 Å². The second-order valence-corrected chi connectivity index (χ2v) is 18.8. The van der Waals surface area contributed by atoms with Gasteiger partial charge in [0.05, 0.1) is 23.6 Å². The molecule has 5 saturated heterocycles. The van der Waals surface area contributed by atoms with Crippen molar-refractivity contribution in [1.82, 2.24) is 25.3 Å². The number of anilines is 4. The molecule has 0 unspecified atom stereocenters. The van der Waals surface area contributed by atoms with Crippen molar-refractivity contribution in [3.05, 3.63) is 78.4 Å². The van der Waals surface area contributed by atoms with Gasteiger partial charge in [0.15, 0.2) is 5.82 Å². The van der Waals surface area contributed by atoms with Gasteiger partial charge in [-0.3, -0.25) is 24.6 Å². The summed E-state index contributed by atoms with van der Waals surface area (Å²) >= 11 is 1.88. The van der Waals surface area contributed by atoms with Crippen LogP contribution in [-0.2, 0) is 14.4 Å². The van der Waals surface area contributed by atoms with Crippen LogP contribution >= 0.6 is 11.8 Å². The molecule has 10 rings (SSSR count). The van der Waals surface area contributed by atoms with E-state index in [0.29, 0.717) is 67.6 Å². The van der Waals surface area contributed by atoms with Crippen LogP contribution in [0.1, 0.15) is 62.8 Å². The summed E-state index contributed by atoms with van der Waals surface area (Å²) in [5.74, 6) is 2.58. The lowest BCUT2D eigenvalue weighted by Gasteiger charge is -2.43. The number of hydrogen-bond acceptors (Lipinski definition) is 13. The maximum atomic E-state index is 13.6. The Labute approximate surface area is 366 Å². The molecule has 15 heteroatoms. The van der Waals surface area contributed by atoms with Crippen LogP contribution in [0.15, 0.2) is 77.7 Å². The molecule has 6 aliphatic heterocycles. The Morgan fingerprint density at radius 3 is 2.39 bits per heavy atom. The molecule has 6 aliphatic rings. The SMILES string of the molecule is Nc1nnc(-c2ccccc2O)cc1N1C[C@H]2CC[C@@H](C1)N2c1cccc(OC2CCN(C(=O)CN3CCC(c4cccc5c4SCCN5[C@@H]4CCC(=O)NC4=O)CC3)CC2)c1. The number of aromatic hydroxyl groups is 1. The first kappa shape index (κ1) is 40.5. The van der Waals surface area contributed by atoms with Crippen LogP contribution in [0.2, 0.25) is 0 Å². The van der Waals surface area contributed by atoms with Gasteiger partial charge in [-0.1, -0.05) is 30.3 Å². The second kappa shape index (κ2) is 17.3. The fourth-order valence-corrected chi connectivity index (χ4v) is 12.0. The maximum absolute atomic E-state index is 13.6. The van der Waals surface area contributed by atoms with Gasteiger partial charge in [-0.05, 0) is 93.1 Å². The Kier molecular flexibility index (Phi) is 11.3. The molecule has 324 valence electrons. The largest absolute Gasteiger partial charge is 0.507 e. The highest BCUT2D eigenvalue weighted by atomic mass is 32.2. The fourth-order valence-electron chi connectivity index (χ4n) is 10.7. The molecule has 0 saturated carbocycles. The van der Waals surface area contributed by atoms with Crippen molar-refractivity contribution >= 4 is 52.4 Å². The number of thioether (sulfide) groups is 1. The van der Waals surface area contributed by atoms with Crippen LogP contribution in [-0.4, -0.2) is 125 Å². The smallest absolute Gasteiger partial charge is 0.249 e. The minimum atomic E-state index is -0.306. The van der Waals surface area contributed by atoms with E-state index >= 15 is 0 Å². The standard InChI is InChI=1S/C47H55N9O5S/c48-46-41(26-38(50-51-46)37-7-1-2-10-42(37)57)54-27-32-11-12-33(28-54)56(32)31-5-3-6-35(25-31)61-34-17-21-53(22-18-34)44(59)29-52-19-15-30(16-20-52)36-8-4-9-39-45(36)62-24-23-55(39)40-13-14-43(58)49-47(40)60/h1-10,25-26,30,32-34,40,57H,11-24,27-29H2,(H2,48,51)(H,49,58,60)/t32-,33+,40-/m1/s1. The summed E-state index contributed by atoms with van der Waals surface area (Å²) in [6.45, 7) is 6.00. The van der Waals surface area contributed by atoms with E-state index in [0.717, 1.165) is 94.1 Å². The highest BCUT2D eigenvalue weighted by Gasteiger charge is 2.41. The van der Waals surface area contributed by atoms with Crippen LogP contribution in [0.25, 0.3) is 11.3 Å². The molecule has 4 N–H and O–H groups in total. The molecule has 3 aromatic carbocycles. The van der Waals surface area contributed by atoms with E-state index in [9.17, 15) is 19.5 Å². The molecular weight excluding hydrogens is 803 g/mol. The van der Waals surface area contributed by atoms with Crippen molar-refractivity contribution in [2.45, 2.75) is 86.4 Å². The molecule has 3 atom stereocenters. The number of rotatable bonds is 9. The Morgan fingerprint density at radius 2 is 1.61 bits per heavy atom. The number of carbonyl (C=O) groups excluding carboxylic acids is 3. The summed E-state index contributed by atoms with van der Waals surface area (Å²) < 4.78 is 6.60. The van der Waals surface area contributed by atoms with Crippen molar-refractivity contribution in [2.75, 3.05) is 78.5 Å². The van der Waals surface area contributed by atoms with Gasteiger partial charge in [-0.15, -0.1) is 22.0 Å². The normalized spacial score (nSPS) is 23.6. The van der Waals surface area contributed by atoms with Gasteiger partial charge in [-0.25, -0.2) is 0 Å². The molecule has 4 aromatic rings. The van der Waals surface area contributed by atoms with E-state index < -0.39 is 0 Å². The molecule has 14 nitrogen and oxygen atoms in total. The number of phenols is 1. The monoisotopic (exact) mass is 857 g/mol. The first-order chi connectivity index (χ1) is 30.3. The second-order valence-electron chi connectivity index (χ2n) is 17.7. The van der Waals surface area contributed by atoms with Crippen LogP contribution in [0.5, 0.6) is 11.5 Å². The number of carbonyl (C=O) groups is 3. The number of imide groups is 1. The minimum Gasteiger partial charge on any atom is -0.507 e. The Bertz CT molecular complexity index is 2320. The van der Waals surface area contributed by atoms with Gasteiger partial charge < -0.3 is 35.2 Å². The van der Waals surface area contributed by atoms with Crippen LogP contribution < -0.4 is 30.5 Å².